The predicted molar refractivity (Wildman–Crippen MR) is 87.1 cm³/mol. The van der Waals surface area contributed by atoms with Crippen LogP contribution < -0.4 is 10.6 Å². The van der Waals surface area contributed by atoms with E-state index in [-0.39, 0.29) is 24.4 Å². The van der Waals surface area contributed by atoms with Gasteiger partial charge in [0.15, 0.2) is 0 Å². The van der Waals surface area contributed by atoms with Gasteiger partial charge in [-0.1, -0.05) is 18.2 Å². The van der Waals surface area contributed by atoms with Crippen molar-refractivity contribution in [3.63, 3.8) is 0 Å². The lowest BCUT2D eigenvalue weighted by Gasteiger charge is -2.10. The average Bonchev–Trinajstić information content (AvgIpc) is 3.13. The quantitative estimate of drug-likeness (QED) is 0.849. The fourth-order valence-corrected chi connectivity index (χ4v) is 2.47. The van der Waals surface area contributed by atoms with Gasteiger partial charge in [0.05, 0.1) is 11.7 Å². The zero-order valence-electron chi connectivity index (χ0n) is 13.2. The summed E-state index contributed by atoms with van der Waals surface area (Å²) >= 11 is 0. The molecule has 2 aromatic rings. The van der Waals surface area contributed by atoms with E-state index in [1.54, 1.807) is 18.2 Å². The van der Waals surface area contributed by atoms with Gasteiger partial charge >= 0.3 is 0 Å². The van der Waals surface area contributed by atoms with Gasteiger partial charge < -0.3 is 15.4 Å². The molecule has 1 atom stereocenters. The molecule has 0 aliphatic carbocycles. The molecular weight excluding hydrogens is 311 g/mol. The first-order valence-electron chi connectivity index (χ1n) is 7.91. The van der Waals surface area contributed by atoms with Crippen molar-refractivity contribution in [1.29, 1.82) is 0 Å². The van der Waals surface area contributed by atoms with E-state index in [1.807, 2.05) is 0 Å². The number of hydrogen-bond acceptors (Lipinski definition) is 5. The van der Waals surface area contributed by atoms with Crippen molar-refractivity contribution in [2.45, 2.75) is 25.5 Å². The fraction of sp³-hybridized carbons (Fsp3) is 0.353. The minimum absolute atomic E-state index is 0.0941. The van der Waals surface area contributed by atoms with Crippen LogP contribution in [0.5, 0.6) is 0 Å². The summed E-state index contributed by atoms with van der Waals surface area (Å²) in [5, 5.41) is 5.74. The van der Waals surface area contributed by atoms with Crippen molar-refractivity contribution in [3.05, 3.63) is 53.6 Å². The van der Waals surface area contributed by atoms with Crippen LogP contribution in [0.15, 0.2) is 36.7 Å². The lowest BCUT2D eigenvalue weighted by atomic mass is 10.2. The second-order valence-electron chi connectivity index (χ2n) is 5.59. The summed E-state index contributed by atoms with van der Waals surface area (Å²) in [4.78, 5) is 20.2. The average molecular weight is 330 g/mol. The maximum Gasteiger partial charge on any atom is 0.254 e. The van der Waals surface area contributed by atoms with E-state index >= 15 is 0 Å². The number of halogens is 1. The lowest BCUT2D eigenvalue weighted by molar-refractivity contribution is 0.0857. The molecular formula is C17H19FN4O2. The van der Waals surface area contributed by atoms with E-state index in [0.717, 1.165) is 19.4 Å². The Morgan fingerprint density at radius 1 is 1.29 bits per heavy atom. The summed E-state index contributed by atoms with van der Waals surface area (Å²) in [6.45, 7) is 1.52. The van der Waals surface area contributed by atoms with Gasteiger partial charge in [-0.05, 0) is 18.9 Å². The Balaban J connectivity index is 1.51. The molecule has 2 heterocycles. The number of hydrogen-bond donors (Lipinski definition) is 2. The van der Waals surface area contributed by atoms with Crippen LogP contribution >= 0.6 is 0 Å². The number of carbonyl (C=O) groups excluding carboxylic acids is 1. The third kappa shape index (κ3) is 4.26. The standard InChI is InChI=1S/C17H19FN4O2/c18-15-6-2-1-4-12(15)8-20-17-21-9-13(10-22-17)16(23)19-11-14-5-3-7-24-14/h1-2,4,6,9-10,14H,3,5,7-8,11H2,(H,19,23)(H,20,21,22). The van der Waals surface area contributed by atoms with E-state index in [2.05, 4.69) is 20.6 Å². The molecule has 1 aliphatic rings. The van der Waals surface area contributed by atoms with Crippen LogP contribution in [-0.4, -0.2) is 35.1 Å². The monoisotopic (exact) mass is 330 g/mol. The number of rotatable bonds is 6. The van der Waals surface area contributed by atoms with Crippen LogP contribution in [0, 0.1) is 5.82 Å². The number of ether oxygens (including phenoxy) is 1. The van der Waals surface area contributed by atoms with Crippen LogP contribution in [0.2, 0.25) is 0 Å². The fourth-order valence-electron chi connectivity index (χ4n) is 2.47. The number of aromatic nitrogens is 2. The van der Waals surface area contributed by atoms with Crippen LogP contribution in [0.1, 0.15) is 28.8 Å². The molecule has 6 nitrogen and oxygen atoms in total. The van der Waals surface area contributed by atoms with E-state index in [1.165, 1.54) is 18.5 Å². The Kier molecular flexibility index (Phi) is 5.32. The van der Waals surface area contributed by atoms with Crippen LogP contribution in [0.25, 0.3) is 0 Å². The van der Waals surface area contributed by atoms with Crippen molar-refractivity contribution in [2.75, 3.05) is 18.5 Å². The molecule has 1 fully saturated rings. The molecule has 1 saturated heterocycles. The first kappa shape index (κ1) is 16.3. The van der Waals surface area contributed by atoms with E-state index in [4.69, 9.17) is 4.74 Å². The van der Waals surface area contributed by atoms with Crippen molar-refractivity contribution in [1.82, 2.24) is 15.3 Å². The van der Waals surface area contributed by atoms with Crippen molar-refractivity contribution >= 4 is 11.9 Å². The van der Waals surface area contributed by atoms with Crippen molar-refractivity contribution < 1.29 is 13.9 Å². The van der Waals surface area contributed by atoms with Gasteiger partial charge in [0.1, 0.15) is 5.82 Å². The maximum atomic E-state index is 13.5. The summed E-state index contributed by atoms with van der Waals surface area (Å²) in [6.07, 6.45) is 4.99. The Bertz CT molecular complexity index is 687. The normalized spacial score (nSPS) is 16.8. The summed E-state index contributed by atoms with van der Waals surface area (Å²) in [5.41, 5.74) is 0.906. The summed E-state index contributed by atoms with van der Waals surface area (Å²) in [5.74, 6) is -0.171. The smallest absolute Gasteiger partial charge is 0.254 e. The van der Waals surface area contributed by atoms with Gasteiger partial charge in [0, 0.05) is 37.7 Å². The Hall–Kier alpha value is -2.54. The molecule has 0 spiro atoms. The number of carbonyl (C=O) groups is 1. The first-order valence-corrected chi connectivity index (χ1v) is 7.91. The molecule has 126 valence electrons. The first-order chi connectivity index (χ1) is 11.7. The van der Waals surface area contributed by atoms with Crippen LogP contribution in [0.3, 0.4) is 0 Å². The Morgan fingerprint density at radius 2 is 2.08 bits per heavy atom. The molecule has 7 heteroatoms. The molecule has 1 aliphatic heterocycles. The summed E-state index contributed by atoms with van der Waals surface area (Å²) in [6, 6.07) is 6.50. The maximum absolute atomic E-state index is 13.5. The second kappa shape index (κ2) is 7.83. The number of nitrogens with one attached hydrogen (secondary N) is 2. The van der Waals surface area contributed by atoms with E-state index in [9.17, 15) is 9.18 Å². The van der Waals surface area contributed by atoms with Gasteiger partial charge in [-0.3, -0.25) is 4.79 Å². The molecule has 1 amide bonds. The molecule has 0 bridgehead atoms. The third-order valence-corrected chi connectivity index (χ3v) is 3.82. The summed E-state index contributed by atoms with van der Waals surface area (Å²) in [7, 11) is 0. The van der Waals surface area contributed by atoms with Crippen LogP contribution in [-0.2, 0) is 11.3 Å². The zero-order chi connectivity index (χ0) is 16.8. The Labute approximate surface area is 139 Å². The highest BCUT2D eigenvalue weighted by Crippen LogP contribution is 2.11. The summed E-state index contributed by atoms with van der Waals surface area (Å²) < 4.78 is 19.0. The predicted octanol–water partition coefficient (Wildman–Crippen LogP) is 2.14. The molecule has 0 saturated carbocycles. The van der Waals surface area contributed by atoms with E-state index < -0.39 is 0 Å². The topological polar surface area (TPSA) is 76.1 Å². The number of nitrogens with zero attached hydrogens (tertiary/aromatic N) is 2. The highest BCUT2D eigenvalue weighted by molar-refractivity contribution is 5.93. The van der Waals surface area contributed by atoms with Gasteiger partial charge in [-0.15, -0.1) is 0 Å². The van der Waals surface area contributed by atoms with Crippen LogP contribution in [0.4, 0.5) is 10.3 Å². The van der Waals surface area contributed by atoms with E-state index in [0.29, 0.717) is 23.6 Å². The molecule has 1 aromatic heterocycles. The second-order valence-corrected chi connectivity index (χ2v) is 5.59. The molecule has 3 rings (SSSR count). The lowest BCUT2D eigenvalue weighted by Crippen LogP contribution is -2.31. The Morgan fingerprint density at radius 3 is 2.79 bits per heavy atom. The van der Waals surface area contributed by atoms with Crippen molar-refractivity contribution in [2.24, 2.45) is 0 Å². The number of amides is 1. The molecule has 2 N–H and O–H groups in total. The third-order valence-electron chi connectivity index (χ3n) is 3.82. The largest absolute Gasteiger partial charge is 0.376 e. The number of anilines is 1. The van der Waals surface area contributed by atoms with Gasteiger partial charge in [-0.25, -0.2) is 14.4 Å². The van der Waals surface area contributed by atoms with Gasteiger partial charge in [0.25, 0.3) is 5.91 Å². The minimum atomic E-state index is -0.282. The minimum Gasteiger partial charge on any atom is -0.376 e. The highest BCUT2D eigenvalue weighted by atomic mass is 19.1. The number of benzene rings is 1. The molecule has 0 radical (unpaired) electrons. The van der Waals surface area contributed by atoms with Crippen molar-refractivity contribution in [3.8, 4) is 0 Å². The van der Waals surface area contributed by atoms with Gasteiger partial charge in [-0.2, -0.15) is 0 Å². The zero-order valence-corrected chi connectivity index (χ0v) is 13.2. The molecule has 24 heavy (non-hydrogen) atoms. The SMILES string of the molecule is O=C(NCC1CCCO1)c1cnc(NCc2ccccc2F)nc1. The molecule has 1 aromatic carbocycles. The highest BCUT2D eigenvalue weighted by Gasteiger charge is 2.17. The molecule has 1 unspecified atom stereocenters. The van der Waals surface area contributed by atoms with Gasteiger partial charge in [0.2, 0.25) is 5.95 Å².